The second-order valence-electron chi connectivity index (χ2n) is 8.82. The molecule has 0 fully saturated rings. The minimum absolute atomic E-state index is 0.511. The fourth-order valence-corrected chi connectivity index (χ4v) is 2.98. The van der Waals surface area contributed by atoms with Gasteiger partial charge in [0.2, 0.25) is 0 Å². The van der Waals surface area contributed by atoms with Crippen molar-refractivity contribution in [1.82, 2.24) is 5.32 Å². The lowest BCUT2D eigenvalue weighted by Crippen LogP contribution is -2.17. The van der Waals surface area contributed by atoms with Crippen molar-refractivity contribution < 1.29 is 61.6 Å². The van der Waals surface area contributed by atoms with Crippen molar-refractivity contribution in [3.8, 4) is 0 Å². The van der Waals surface area contributed by atoms with Crippen LogP contribution in [0.15, 0.2) is 12.7 Å². The fourth-order valence-electron chi connectivity index (χ4n) is 2.98. The van der Waals surface area contributed by atoms with Crippen molar-refractivity contribution in [2.24, 2.45) is 0 Å². The molecule has 0 aliphatic rings. The van der Waals surface area contributed by atoms with Crippen molar-refractivity contribution in [1.29, 1.82) is 0 Å². The van der Waals surface area contributed by atoms with E-state index in [-0.39, 0.29) is 0 Å². The van der Waals surface area contributed by atoms with Gasteiger partial charge in [0, 0.05) is 6.54 Å². The van der Waals surface area contributed by atoms with Gasteiger partial charge in [-0.25, -0.2) is 0 Å². The van der Waals surface area contributed by atoms with E-state index in [0.717, 1.165) is 6.54 Å². The van der Waals surface area contributed by atoms with Gasteiger partial charge < -0.3 is 66.9 Å². The summed E-state index contributed by atoms with van der Waals surface area (Å²) in [6.45, 7) is 18.4. The quantitative estimate of drug-likeness (QED) is 0.0737. The third kappa shape index (κ3) is 41.2. The van der Waals surface area contributed by atoms with E-state index < -0.39 is 0 Å². The molecular formula is C30H61NO13. The molecule has 0 rings (SSSR count). The van der Waals surface area contributed by atoms with Crippen molar-refractivity contribution >= 4 is 0 Å². The highest BCUT2D eigenvalue weighted by Crippen LogP contribution is 1.87. The van der Waals surface area contributed by atoms with Gasteiger partial charge in [-0.15, -0.1) is 6.58 Å². The van der Waals surface area contributed by atoms with Crippen molar-refractivity contribution in [3.63, 3.8) is 0 Å². The van der Waals surface area contributed by atoms with Gasteiger partial charge in [0.05, 0.1) is 172 Å². The SMILES string of the molecule is C=CCOCCOCCOCCOCCOCCOCCOCCOCCOCCOCCOCCOCCOCCNC. The molecule has 14 nitrogen and oxygen atoms in total. The van der Waals surface area contributed by atoms with Gasteiger partial charge >= 0.3 is 0 Å². The first-order valence-electron chi connectivity index (χ1n) is 15.7. The molecule has 0 bridgehead atoms. The molecule has 0 saturated carbocycles. The van der Waals surface area contributed by atoms with E-state index in [1.165, 1.54) is 0 Å². The van der Waals surface area contributed by atoms with E-state index >= 15 is 0 Å². The molecule has 0 amide bonds. The summed E-state index contributed by atoms with van der Waals surface area (Å²) in [5.41, 5.74) is 0. The highest BCUT2D eigenvalue weighted by atomic mass is 16.6. The Bertz CT molecular complexity index is 523. The summed E-state index contributed by atoms with van der Waals surface area (Å²) in [4.78, 5) is 0. The predicted molar refractivity (Wildman–Crippen MR) is 165 cm³/mol. The van der Waals surface area contributed by atoms with Crippen molar-refractivity contribution in [3.05, 3.63) is 12.7 Å². The second-order valence-corrected chi connectivity index (χ2v) is 8.82. The summed E-state index contributed by atoms with van der Waals surface area (Å²) in [6.07, 6.45) is 1.71. The number of nitrogens with one attached hydrogen (secondary N) is 1. The molecule has 0 spiro atoms. The molecule has 0 aliphatic heterocycles. The van der Waals surface area contributed by atoms with Crippen molar-refractivity contribution in [2.75, 3.05) is 185 Å². The highest BCUT2D eigenvalue weighted by Gasteiger charge is 1.96. The normalized spacial score (nSPS) is 11.5. The van der Waals surface area contributed by atoms with Crippen LogP contribution >= 0.6 is 0 Å². The van der Waals surface area contributed by atoms with E-state index in [4.69, 9.17) is 61.6 Å². The van der Waals surface area contributed by atoms with E-state index in [9.17, 15) is 0 Å². The molecule has 0 aromatic rings. The summed E-state index contributed by atoms with van der Waals surface area (Å²) in [7, 11) is 1.90. The van der Waals surface area contributed by atoms with E-state index in [1.807, 2.05) is 7.05 Å². The summed E-state index contributed by atoms with van der Waals surface area (Å²) in [5.74, 6) is 0. The molecule has 0 heterocycles. The Morgan fingerprint density at radius 2 is 0.500 bits per heavy atom. The van der Waals surface area contributed by atoms with Crippen LogP contribution in [0, 0.1) is 0 Å². The Labute approximate surface area is 265 Å². The first-order chi connectivity index (χ1) is 21.9. The zero-order valence-corrected chi connectivity index (χ0v) is 27.2. The van der Waals surface area contributed by atoms with E-state index in [1.54, 1.807) is 6.08 Å². The highest BCUT2D eigenvalue weighted by molar-refractivity contribution is 4.63. The molecule has 0 aromatic carbocycles. The van der Waals surface area contributed by atoms with Gasteiger partial charge in [-0.3, -0.25) is 0 Å². The zero-order chi connectivity index (χ0) is 31.7. The van der Waals surface area contributed by atoms with Crippen LogP contribution in [0.4, 0.5) is 0 Å². The van der Waals surface area contributed by atoms with Gasteiger partial charge in [0.15, 0.2) is 0 Å². The van der Waals surface area contributed by atoms with Crippen LogP contribution in [-0.2, 0) is 61.6 Å². The van der Waals surface area contributed by atoms with E-state index in [2.05, 4.69) is 11.9 Å². The Balaban J connectivity index is 3.03. The zero-order valence-electron chi connectivity index (χ0n) is 27.2. The monoisotopic (exact) mass is 643 g/mol. The van der Waals surface area contributed by atoms with Gasteiger partial charge in [-0.1, -0.05) is 6.08 Å². The fraction of sp³-hybridized carbons (Fsp3) is 0.933. The third-order valence-electron chi connectivity index (χ3n) is 5.20. The molecule has 0 aliphatic carbocycles. The minimum atomic E-state index is 0.511. The number of rotatable bonds is 41. The topological polar surface area (TPSA) is 132 Å². The molecular weight excluding hydrogens is 582 g/mol. The lowest BCUT2D eigenvalue weighted by Gasteiger charge is -2.09. The lowest BCUT2D eigenvalue weighted by molar-refractivity contribution is -0.0288. The van der Waals surface area contributed by atoms with Gasteiger partial charge in [0.1, 0.15) is 0 Å². The minimum Gasteiger partial charge on any atom is -0.378 e. The Morgan fingerprint density at radius 1 is 0.318 bits per heavy atom. The lowest BCUT2D eigenvalue weighted by atomic mass is 10.6. The van der Waals surface area contributed by atoms with Crippen LogP contribution in [0.25, 0.3) is 0 Å². The predicted octanol–water partition coefficient (Wildman–Crippen LogP) is 0.608. The maximum atomic E-state index is 5.48. The van der Waals surface area contributed by atoms with Crippen LogP contribution in [0.3, 0.4) is 0 Å². The van der Waals surface area contributed by atoms with Crippen LogP contribution in [0.2, 0.25) is 0 Å². The van der Waals surface area contributed by atoms with Crippen LogP contribution in [0.5, 0.6) is 0 Å². The number of hydrogen-bond donors (Lipinski definition) is 1. The molecule has 0 radical (unpaired) electrons. The largest absolute Gasteiger partial charge is 0.378 e. The maximum Gasteiger partial charge on any atom is 0.0704 e. The first kappa shape index (κ1) is 43.2. The molecule has 264 valence electrons. The van der Waals surface area contributed by atoms with Gasteiger partial charge in [0.25, 0.3) is 0 Å². The first-order valence-corrected chi connectivity index (χ1v) is 15.7. The third-order valence-corrected chi connectivity index (χ3v) is 5.20. The van der Waals surface area contributed by atoms with Crippen molar-refractivity contribution in [2.45, 2.75) is 0 Å². The molecule has 1 N–H and O–H groups in total. The molecule has 0 unspecified atom stereocenters. The van der Waals surface area contributed by atoms with Crippen LogP contribution < -0.4 is 5.32 Å². The number of ether oxygens (including phenoxy) is 13. The summed E-state index contributed by atoms with van der Waals surface area (Å²) < 4.78 is 70.5. The average Bonchev–Trinajstić information content (AvgIpc) is 3.04. The molecule has 0 aromatic heterocycles. The summed E-state index contributed by atoms with van der Waals surface area (Å²) in [6, 6.07) is 0. The average molecular weight is 644 g/mol. The smallest absolute Gasteiger partial charge is 0.0704 e. The molecule has 0 atom stereocenters. The molecule has 0 saturated heterocycles. The van der Waals surface area contributed by atoms with Gasteiger partial charge in [-0.2, -0.15) is 0 Å². The Morgan fingerprint density at radius 3 is 0.682 bits per heavy atom. The number of likely N-dealkylation sites (N-methyl/N-ethyl adjacent to an activating group) is 1. The Kier molecular flexibility index (Phi) is 41.4. The van der Waals surface area contributed by atoms with E-state index in [0.29, 0.717) is 172 Å². The standard InChI is InChI=1S/C30H61NO13/c1-3-5-32-7-9-34-11-13-36-15-17-38-19-21-40-23-25-42-27-29-44-30-28-43-26-24-41-22-20-39-18-16-37-14-12-35-10-8-33-6-4-31-2/h3,31H,1,4-30H2,2H3. The maximum absolute atomic E-state index is 5.48. The molecule has 44 heavy (non-hydrogen) atoms. The number of hydrogen-bond acceptors (Lipinski definition) is 14. The second kappa shape index (κ2) is 42.2. The molecule has 14 heteroatoms. The Hall–Kier alpha value is -0.820. The van der Waals surface area contributed by atoms with Crippen LogP contribution in [0.1, 0.15) is 0 Å². The van der Waals surface area contributed by atoms with Crippen LogP contribution in [-0.4, -0.2) is 185 Å². The summed E-state index contributed by atoms with van der Waals surface area (Å²) in [5, 5.41) is 3.02. The van der Waals surface area contributed by atoms with Gasteiger partial charge in [-0.05, 0) is 7.05 Å². The summed E-state index contributed by atoms with van der Waals surface area (Å²) >= 11 is 0.